The Bertz CT molecular complexity index is 640. The van der Waals surface area contributed by atoms with Crippen LogP contribution in [0.15, 0.2) is 48.7 Å². The first-order chi connectivity index (χ1) is 11.0. The van der Waals surface area contributed by atoms with Crippen molar-refractivity contribution >= 4 is 17.3 Å². The number of benzene rings is 1. The fourth-order valence-corrected chi connectivity index (χ4v) is 2.21. The fourth-order valence-electron chi connectivity index (χ4n) is 2.21. The summed E-state index contributed by atoms with van der Waals surface area (Å²) in [7, 11) is 7.90. The lowest BCUT2D eigenvalue weighted by Crippen LogP contribution is -2.37. The van der Waals surface area contributed by atoms with Gasteiger partial charge in [-0.3, -0.25) is 9.78 Å². The van der Waals surface area contributed by atoms with Gasteiger partial charge < -0.3 is 14.7 Å². The van der Waals surface area contributed by atoms with E-state index in [1.807, 2.05) is 75.6 Å². The number of carbonyl (C=O) groups is 1. The number of carbonyl (C=O) groups excluding carboxylic acids is 1. The van der Waals surface area contributed by atoms with E-state index in [1.54, 1.807) is 11.1 Å². The lowest BCUT2D eigenvalue weighted by atomic mass is 10.2. The van der Waals surface area contributed by atoms with Gasteiger partial charge in [0.2, 0.25) is 0 Å². The van der Waals surface area contributed by atoms with Gasteiger partial charge in [0, 0.05) is 44.8 Å². The van der Waals surface area contributed by atoms with Gasteiger partial charge in [0.25, 0.3) is 5.91 Å². The standard InChI is InChI=1S/C18H24N4O/c1-20(2)12-13-22(15-8-6-5-7-9-15)18(23)17-14-16(21(3)4)10-11-19-17/h5-11,14H,12-13H2,1-4H3. The van der Waals surface area contributed by atoms with Crippen LogP contribution >= 0.6 is 0 Å². The van der Waals surface area contributed by atoms with Gasteiger partial charge in [0.05, 0.1) is 0 Å². The number of hydrogen-bond donors (Lipinski definition) is 0. The van der Waals surface area contributed by atoms with Crippen molar-refractivity contribution < 1.29 is 4.79 Å². The molecule has 5 nitrogen and oxygen atoms in total. The van der Waals surface area contributed by atoms with Crippen molar-refractivity contribution in [3.05, 3.63) is 54.4 Å². The van der Waals surface area contributed by atoms with Gasteiger partial charge in [-0.05, 0) is 38.4 Å². The summed E-state index contributed by atoms with van der Waals surface area (Å²) in [4.78, 5) is 23.0. The van der Waals surface area contributed by atoms with Gasteiger partial charge in [-0.2, -0.15) is 0 Å². The number of rotatable bonds is 6. The zero-order chi connectivity index (χ0) is 16.8. The van der Waals surface area contributed by atoms with Crippen LogP contribution < -0.4 is 9.80 Å². The van der Waals surface area contributed by atoms with Crippen LogP contribution in [0.5, 0.6) is 0 Å². The summed E-state index contributed by atoms with van der Waals surface area (Å²) < 4.78 is 0. The number of amides is 1. The summed E-state index contributed by atoms with van der Waals surface area (Å²) in [5.74, 6) is -0.0817. The first-order valence-electron chi connectivity index (χ1n) is 7.64. The number of pyridine rings is 1. The lowest BCUT2D eigenvalue weighted by molar-refractivity contribution is 0.0980. The molecule has 0 spiro atoms. The van der Waals surface area contributed by atoms with Gasteiger partial charge in [-0.15, -0.1) is 0 Å². The molecule has 122 valence electrons. The van der Waals surface area contributed by atoms with Gasteiger partial charge in [0.1, 0.15) is 5.69 Å². The third kappa shape index (κ3) is 4.53. The van der Waals surface area contributed by atoms with Crippen LogP contribution in [-0.4, -0.2) is 57.1 Å². The molecule has 23 heavy (non-hydrogen) atoms. The Morgan fingerprint density at radius 3 is 2.26 bits per heavy atom. The molecule has 1 heterocycles. The number of likely N-dealkylation sites (N-methyl/N-ethyl adjacent to an activating group) is 1. The molecule has 0 unspecified atom stereocenters. The smallest absolute Gasteiger partial charge is 0.276 e. The normalized spacial score (nSPS) is 10.7. The minimum atomic E-state index is -0.0817. The molecule has 5 heteroatoms. The van der Waals surface area contributed by atoms with Crippen LogP contribution in [0.2, 0.25) is 0 Å². The summed E-state index contributed by atoms with van der Waals surface area (Å²) in [6, 6.07) is 13.4. The first-order valence-corrected chi connectivity index (χ1v) is 7.64. The van der Waals surface area contributed by atoms with Crippen LogP contribution in [0.1, 0.15) is 10.5 Å². The molecule has 0 radical (unpaired) electrons. The highest BCUT2D eigenvalue weighted by molar-refractivity contribution is 6.05. The molecule has 0 aliphatic carbocycles. The minimum Gasteiger partial charge on any atom is -0.378 e. The molecule has 1 aromatic carbocycles. The summed E-state index contributed by atoms with van der Waals surface area (Å²) in [5, 5.41) is 0. The monoisotopic (exact) mass is 312 g/mol. The van der Waals surface area contributed by atoms with Gasteiger partial charge in [0.15, 0.2) is 0 Å². The number of nitrogens with zero attached hydrogens (tertiary/aromatic N) is 4. The lowest BCUT2D eigenvalue weighted by Gasteiger charge is -2.24. The molecule has 2 rings (SSSR count). The molecular weight excluding hydrogens is 288 g/mol. The molecule has 0 saturated carbocycles. The van der Waals surface area contributed by atoms with Crippen LogP contribution in [0, 0.1) is 0 Å². The summed E-state index contributed by atoms with van der Waals surface area (Å²) in [5.41, 5.74) is 2.30. The van der Waals surface area contributed by atoms with E-state index in [-0.39, 0.29) is 5.91 Å². The predicted octanol–water partition coefficient (Wildman–Crippen LogP) is 2.36. The Kier molecular flexibility index (Phi) is 5.71. The maximum atomic E-state index is 13.0. The third-order valence-corrected chi connectivity index (χ3v) is 3.56. The van der Waals surface area contributed by atoms with E-state index in [2.05, 4.69) is 9.88 Å². The quantitative estimate of drug-likeness (QED) is 0.821. The summed E-state index contributed by atoms with van der Waals surface area (Å²) >= 11 is 0. The van der Waals surface area contributed by atoms with E-state index in [4.69, 9.17) is 0 Å². The molecule has 0 bridgehead atoms. The van der Waals surface area contributed by atoms with E-state index in [1.165, 1.54) is 0 Å². The van der Waals surface area contributed by atoms with E-state index in [9.17, 15) is 4.79 Å². The second-order valence-corrected chi connectivity index (χ2v) is 5.89. The van der Waals surface area contributed by atoms with Crippen LogP contribution in [0.4, 0.5) is 11.4 Å². The topological polar surface area (TPSA) is 39.7 Å². The second-order valence-electron chi connectivity index (χ2n) is 5.89. The molecule has 0 saturated heterocycles. The van der Waals surface area contributed by atoms with E-state index in [0.29, 0.717) is 12.2 Å². The maximum absolute atomic E-state index is 13.0. The average molecular weight is 312 g/mol. The highest BCUT2D eigenvalue weighted by Crippen LogP contribution is 2.18. The van der Waals surface area contributed by atoms with Gasteiger partial charge >= 0.3 is 0 Å². The average Bonchev–Trinajstić information content (AvgIpc) is 2.55. The van der Waals surface area contributed by atoms with Gasteiger partial charge in [-0.1, -0.05) is 18.2 Å². The van der Waals surface area contributed by atoms with E-state index < -0.39 is 0 Å². The van der Waals surface area contributed by atoms with Crippen LogP contribution in [0.3, 0.4) is 0 Å². The number of para-hydroxylation sites is 1. The Morgan fingerprint density at radius 1 is 0.957 bits per heavy atom. The van der Waals surface area contributed by atoms with Crippen molar-refractivity contribution in [1.82, 2.24) is 9.88 Å². The molecule has 1 amide bonds. The molecule has 0 fully saturated rings. The molecule has 0 atom stereocenters. The van der Waals surface area contributed by atoms with Crippen molar-refractivity contribution in [3.63, 3.8) is 0 Å². The zero-order valence-electron chi connectivity index (χ0n) is 14.2. The molecule has 2 aromatic rings. The first kappa shape index (κ1) is 17.0. The number of aromatic nitrogens is 1. The number of hydrogen-bond acceptors (Lipinski definition) is 4. The summed E-state index contributed by atoms with van der Waals surface area (Å²) in [6.07, 6.45) is 1.68. The van der Waals surface area contributed by atoms with Gasteiger partial charge in [-0.25, -0.2) is 0 Å². The molecule has 0 aliphatic heterocycles. The minimum absolute atomic E-state index is 0.0817. The molecule has 0 aliphatic rings. The van der Waals surface area contributed by atoms with E-state index in [0.717, 1.165) is 17.9 Å². The zero-order valence-corrected chi connectivity index (χ0v) is 14.2. The highest BCUT2D eigenvalue weighted by Gasteiger charge is 2.19. The van der Waals surface area contributed by atoms with Crippen molar-refractivity contribution in [2.24, 2.45) is 0 Å². The predicted molar refractivity (Wildman–Crippen MR) is 95.2 cm³/mol. The van der Waals surface area contributed by atoms with Crippen LogP contribution in [-0.2, 0) is 0 Å². The van der Waals surface area contributed by atoms with Crippen molar-refractivity contribution in [2.45, 2.75) is 0 Å². The Labute approximate surface area is 138 Å². The third-order valence-electron chi connectivity index (χ3n) is 3.56. The maximum Gasteiger partial charge on any atom is 0.276 e. The largest absolute Gasteiger partial charge is 0.378 e. The second kappa shape index (κ2) is 7.74. The Morgan fingerprint density at radius 2 is 1.65 bits per heavy atom. The fraction of sp³-hybridized carbons (Fsp3) is 0.333. The Balaban J connectivity index is 2.31. The summed E-state index contributed by atoms with van der Waals surface area (Å²) in [6.45, 7) is 1.40. The van der Waals surface area contributed by atoms with Crippen molar-refractivity contribution in [2.75, 3.05) is 51.1 Å². The SMILES string of the molecule is CN(C)CCN(C(=O)c1cc(N(C)C)ccn1)c1ccccc1. The van der Waals surface area contributed by atoms with E-state index >= 15 is 0 Å². The van der Waals surface area contributed by atoms with Crippen LogP contribution in [0.25, 0.3) is 0 Å². The molecule has 0 N–H and O–H groups in total. The Hall–Kier alpha value is -2.40. The van der Waals surface area contributed by atoms with Crippen molar-refractivity contribution in [3.8, 4) is 0 Å². The highest BCUT2D eigenvalue weighted by atomic mass is 16.2. The number of anilines is 2. The molecular formula is C18H24N4O. The molecule has 1 aromatic heterocycles. The van der Waals surface area contributed by atoms with Crippen molar-refractivity contribution in [1.29, 1.82) is 0 Å².